The summed E-state index contributed by atoms with van der Waals surface area (Å²) in [7, 11) is 0. The number of nitrogens with zero attached hydrogens (tertiary/aromatic N) is 1. The first kappa shape index (κ1) is 14.7. The van der Waals surface area contributed by atoms with Gasteiger partial charge in [-0.3, -0.25) is 0 Å². The van der Waals surface area contributed by atoms with Crippen molar-refractivity contribution in [2.24, 2.45) is 0 Å². The van der Waals surface area contributed by atoms with Crippen LogP contribution in [-0.2, 0) is 12.6 Å². The summed E-state index contributed by atoms with van der Waals surface area (Å²) in [6.07, 6.45) is -3.69. The Balaban J connectivity index is 2.36. The molecule has 6 heteroatoms. The Morgan fingerprint density at radius 1 is 1.20 bits per heavy atom. The molecule has 2 rings (SSSR count). The van der Waals surface area contributed by atoms with Crippen LogP contribution in [-0.4, -0.2) is 4.98 Å². The first-order chi connectivity index (χ1) is 9.40. The highest BCUT2D eigenvalue weighted by Gasteiger charge is 2.31. The van der Waals surface area contributed by atoms with Gasteiger partial charge in [-0.1, -0.05) is 36.7 Å². The van der Waals surface area contributed by atoms with Gasteiger partial charge in [-0.2, -0.15) is 13.2 Å². The first-order valence-electron chi connectivity index (χ1n) is 6.00. The third kappa shape index (κ3) is 3.42. The lowest BCUT2D eigenvalue weighted by Crippen LogP contribution is -2.07. The molecule has 0 bridgehead atoms. The third-order valence-corrected chi connectivity index (χ3v) is 2.98. The van der Waals surface area contributed by atoms with Crippen LogP contribution in [0.5, 0.6) is 0 Å². The molecule has 0 unspecified atom stereocenters. The molecule has 0 spiro atoms. The molecular weight excluding hydrogens is 289 g/mol. The number of para-hydroxylation sites is 1. The van der Waals surface area contributed by atoms with Crippen molar-refractivity contribution in [1.82, 2.24) is 4.98 Å². The maximum absolute atomic E-state index is 12.7. The van der Waals surface area contributed by atoms with Crippen molar-refractivity contribution in [2.45, 2.75) is 19.5 Å². The molecule has 106 valence electrons. The van der Waals surface area contributed by atoms with Crippen molar-refractivity contribution in [3.05, 3.63) is 52.7 Å². The Kier molecular flexibility index (Phi) is 4.18. The summed E-state index contributed by atoms with van der Waals surface area (Å²) in [5.74, 6) is 0.0747. The number of rotatable bonds is 3. The Morgan fingerprint density at radius 3 is 2.55 bits per heavy atom. The number of aromatic nitrogens is 1. The van der Waals surface area contributed by atoms with E-state index in [1.807, 2.05) is 19.1 Å². The first-order valence-corrected chi connectivity index (χ1v) is 6.37. The molecule has 0 saturated carbocycles. The van der Waals surface area contributed by atoms with Gasteiger partial charge in [0.25, 0.3) is 0 Å². The van der Waals surface area contributed by atoms with E-state index in [0.717, 1.165) is 29.8 Å². The summed E-state index contributed by atoms with van der Waals surface area (Å²) in [6, 6.07) is 9.11. The third-order valence-electron chi connectivity index (χ3n) is 2.78. The van der Waals surface area contributed by atoms with E-state index in [9.17, 15) is 13.2 Å². The van der Waals surface area contributed by atoms with Crippen LogP contribution in [0.1, 0.15) is 18.1 Å². The predicted molar refractivity (Wildman–Crippen MR) is 73.4 cm³/mol. The van der Waals surface area contributed by atoms with Crippen molar-refractivity contribution >= 4 is 23.1 Å². The van der Waals surface area contributed by atoms with Gasteiger partial charge in [-0.15, -0.1) is 0 Å². The maximum atomic E-state index is 12.7. The molecule has 1 heterocycles. The number of alkyl halides is 3. The molecule has 0 fully saturated rings. The fraction of sp³-hybridized carbons (Fsp3) is 0.214. The van der Waals surface area contributed by atoms with Gasteiger partial charge in [-0.05, 0) is 30.2 Å². The molecule has 0 radical (unpaired) electrons. The molecule has 0 aliphatic heterocycles. The van der Waals surface area contributed by atoms with E-state index >= 15 is 0 Å². The lowest BCUT2D eigenvalue weighted by molar-refractivity contribution is -0.137. The van der Waals surface area contributed by atoms with Crippen LogP contribution >= 0.6 is 11.6 Å². The summed E-state index contributed by atoms with van der Waals surface area (Å²) < 4.78 is 38.2. The monoisotopic (exact) mass is 300 g/mol. The second-order valence-electron chi connectivity index (χ2n) is 4.20. The molecule has 1 aromatic carbocycles. The molecular formula is C14H12ClF3N2. The van der Waals surface area contributed by atoms with Gasteiger partial charge in [0.15, 0.2) is 0 Å². The number of halogens is 4. The average molecular weight is 301 g/mol. The highest BCUT2D eigenvalue weighted by Crippen LogP contribution is 2.32. The smallest absolute Gasteiger partial charge is 0.340 e. The second-order valence-corrected chi connectivity index (χ2v) is 4.58. The Bertz CT molecular complexity index is 612. The zero-order valence-corrected chi connectivity index (χ0v) is 11.4. The highest BCUT2D eigenvalue weighted by molar-refractivity contribution is 6.29. The van der Waals surface area contributed by atoms with Gasteiger partial charge in [0.2, 0.25) is 0 Å². The number of benzene rings is 1. The highest BCUT2D eigenvalue weighted by atomic mass is 35.5. The standard InChI is InChI=1S/C14H12ClF3N2/c1-2-9-5-3-4-6-11(9)19-13-8-10(14(16,17)18)7-12(15)20-13/h3-8H,2H2,1H3,(H,19,20). The summed E-state index contributed by atoms with van der Waals surface area (Å²) >= 11 is 5.64. The molecule has 1 aromatic heterocycles. The van der Waals surface area contributed by atoms with Crippen LogP contribution in [0.2, 0.25) is 5.15 Å². The van der Waals surface area contributed by atoms with Gasteiger partial charge in [0.1, 0.15) is 11.0 Å². The minimum absolute atomic E-state index is 0.0747. The van der Waals surface area contributed by atoms with Gasteiger partial charge in [-0.25, -0.2) is 4.98 Å². The van der Waals surface area contributed by atoms with E-state index in [0.29, 0.717) is 0 Å². The topological polar surface area (TPSA) is 24.9 Å². The number of pyridine rings is 1. The Hall–Kier alpha value is -1.75. The van der Waals surface area contributed by atoms with Crippen molar-refractivity contribution in [2.75, 3.05) is 5.32 Å². The zero-order chi connectivity index (χ0) is 14.8. The lowest BCUT2D eigenvalue weighted by Gasteiger charge is -2.13. The molecule has 0 aliphatic carbocycles. The van der Waals surface area contributed by atoms with E-state index in [-0.39, 0.29) is 11.0 Å². The van der Waals surface area contributed by atoms with Crippen molar-refractivity contribution in [3.63, 3.8) is 0 Å². The number of aryl methyl sites for hydroxylation is 1. The maximum Gasteiger partial charge on any atom is 0.416 e. The second kappa shape index (κ2) is 5.71. The Labute approximate surface area is 119 Å². The average Bonchev–Trinajstić information content (AvgIpc) is 2.37. The van der Waals surface area contributed by atoms with Gasteiger partial charge in [0, 0.05) is 5.69 Å². The molecule has 2 nitrogen and oxygen atoms in total. The van der Waals surface area contributed by atoms with E-state index in [1.54, 1.807) is 12.1 Å². The minimum atomic E-state index is -4.45. The van der Waals surface area contributed by atoms with Crippen LogP contribution in [0.15, 0.2) is 36.4 Å². The molecule has 0 atom stereocenters. The lowest BCUT2D eigenvalue weighted by atomic mass is 10.1. The number of anilines is 2. The SMILES string of the molecule is CCc1ccccc1Nc1cc(C(F)(F)F)cc(Cl)n1. The van der Waals surface area contributed by atoms with E-state index in [4.69, 9.17) is 11.6 Å². The van der Waals surface area contributed by atoms with Crippen molar-refractivity contribution in [1.29, 1.82) is 0 Å². The van der Waals surface area contributed by atoms with Crippen LogP contribution in [0.3, 0.4) is 0 Å². The predicted octanol–water partition coefficient (Wildman–Crippen LogP) is 5.06. The van der Waals surface area contributed by atoms with Gasteiger partial charge < -0.3 is 5.32 Å². The molecule has 20 heavy (non-hydrogen) atoms. The zero-order valence-electron chi connectivity index (χ0n) is 10.6. The van der Waals surface area contributed by atoms with Crippen LogP contribution in [0.25, 0.3) is 0 Å². The molecule has 1 N–H and O–H groups in total. The Morgan fingerprint density at radius 2 is 1.90 bits per heavy atom. The van der Waals surface area contributed by atoms with Crippen LogP contribution < -0.4 is 5.32 Å². The van der Waals surface area contributed by atoms with Crippen LogP contribution in [0.4, 0.5) is 24.7 Å². The summed E-state index contributed by atoms with van der Waals surface area (Å²) in [5.41, 5.74) is 0.884. The normalized spacial score (nSPS) is 11.4. The van der Waals surface area contributed by atoms with E-state index in [2.05, 4.69) is 10.3 Å². The fourth-order valence-electron chi connectivity index (χ4n) is 1.81. The minimum Gasteiger partial charge on any atom is -0.340 e. The van der Waals surface area contributed by atoms with Crippen molar-refractivity contribution in [3.8, 4) is 0 Å². The number of hydrogen-bond acceptors (Lipinski definition) is 2. The number of nitrogens with one attached hydrogen (secondary N) is 1. The number of hydrogen-bond donors (Lipinski definition) is 1. The van der Waals surface area contributed by atoms with Crippen LogP contribution in [0, 0.1) is 0 Å². The summed E-state index contributed by atoms with van der Waals surface area (Å²) in [6.45, 7) is 1.97. The quantitative estimate of drug-likeness (QED) is 0.801. The molecule has 0 aliphatic rings. The fourth-order valence-corrected chi connectivity index (χ4v) is 2.02. The molecule has 0 amide bonds. The van der Waals surface area contributed by atoms with Gasteiger partial charge >= 0.3 is 6.18 Å². The summed E-state index contributed by atoms with van der Waals surface area (Å²) in [5, 5.41) is 2.68. The summed E-state index contributed by atoms with van der Waals surface area (Å²) in [4.78, 5) is 3.87. The van der Waals surface area contributed by atoms with E-state index in [1.165, 1.54) is 0 Å². The molecule has 0 saturated heterocycles. The molecule has 2 aromatic rings. The van der Waals surface area contributed by atoms with Gasteiger partial charge in [0.05, 0.1) is 5.56 Å². The van der Waals surface area contributed by atoms with Crippen molar-refractivity contribution < 1.29 is 13.2 Å². The largest absolute Gasteiger partial charge is 0.416 e. The van der Waals surface area contributed by atoms with E-state index < -0.39 is 11.7 Å².